The lowest BCUT2D eigenvalue weighted by Gasteiger charge is -2.41. The van der Waals surface area contributed by atoms with Crippen molar-refractivity contribution in [2.75, 3.05) is 11.5 Å². The molecule has 1 saturated carbocycles. The lowest BCUT2D eigenvalue weighted by atomic mass is 9.65. The van der Waals surface area contributed by atoms with Gasteiger partial charge in [0.25, 0.3) is 0 Å². The Hall–Kier alpha value is -2.16. The molecule has 1 heterocycles. The van der Waals surface area contributed by atoms with Crippen molar-refractivity contribution in [3.05, 3.63) is 30.1 Å². The molecular weight excluding hydrogens is 442 g/mol. The lowest BCUT2D eigenvalue weighted by Crippen LogP contribution is -2.47. The number of carbonyl (C=O) groups is 2. The number of carbonyl (C=O) groups excluding carboxylic acids is 2. The fraction of sp³-hybridized carbons (Fsp3) is 0.708. The number of esters is 1. The van der Waals surface area contributed by atoms with E-state index in [1.807, 2.05) is 18.2 Å². The van der Waals surface area contributed by atoms with Gasteiger partial charge < -0.3 is 14.8 Å². The molecule has 0 aliphatic heterocycles. The van der Waals surface area contributed by atoms with Crippen LogP contribution in [0.25, 0.3) is 0 Å². The molecule has 2 rings (SSSR count). The van der Waals surface area contributed by atoms with E-state index in [1.54, 1.807) is 47.7 Å². The summed E-state index contributed by atoms with van der Waals surface area (Å²) in [5.41, 5.74) is -0.602. The van der Waals surface area contributed by atoms with Gasteiger partial charge in [-0.15, -0.1) is 0 Å². The van der Waals surface area contributed by atoms with Crippen molar-refractivity contribution < 1.29 is 23.3 Å². The van der Waals surface area contributed by atoms with Crippen molar-refractivity contribution >= 4 is 21.8 Å². The van der Waals surface area contributed by atoms with Gasteiger partial charge >= 0.3 is 12.1 Å². The van der Waals surface area contributed by atoms with Gasteiger partial charge in [-0.3, -0.25) is 9.76 Å². The fourth-order valence-electron chi connectivity index (χ4n) is 3.76. The van der Waals surface area contributed by atoms with E-state index in [9.17, 15) is 13.8 Å². The average Bonchev–Trinajstić information content (AvgIpc) is 2.62. The minimum Gasteiger partial charge on any atom is -0.458 e. The van der Waals surface area contributed by atoms with E-state index in [1.165, 1.54) is 0 Å². The first kappa shape index (κ1) is 27.1. The molecule has 1 aliphatic carbocycles. The van der Waals surface area contributed by atoms with Gasteiger partial charge in [0.1, 0.15) is 17.2 Å². The first-order valence-corrected chi connectivity index (χ1v) is 13.4. The Kier molecular flexibility index (Phi) is 8.54. The number of hydrogen-bond donors (Lipinski definition) is 2. The van der Waals surface area contributed by atoms with Crippen molar-refractivity contribution in [2.45, 2.75) is 96.3 Å². The Morgan fingerprint density at radius 3 is 2.24 bits per heavy atom. The van der Waals surface area contributed by atoms with E-state index in [-0.39, 0.29) is 23.3 Å². The quantitative estimate of drug-likeness (QED) is 0.499. The van der Waals surface area contributed by atoms with E-state index in [0.29, 0.717) is 6.42 Å². The van der Waals surface area contributed by atoms with Crippen LogP contribution in [0.3, 0.4) is 0 Å². The third kappa shape index (κ3) is 8.95. The van der Waals surface area contributed by atoms with Crippen LogP contribution in [0, 0.1) is 4.78 Å². The topological polar surface area (TPSA) is 118 Å². The summed E-state index contributed by atoms with van der Waals surface area (Å²) < 4.78 is 32.2. The predicted octanol–water partition coefficient (Wildman–Crippen LogP) is 4.57. The maximum Gasteiger partial charge on any atom is 0.408 e. The van der Waals surface area contributed by atoms with Gasteiger partial charge in [-0.05, 0) is 79.4 Å². The normalized spacial score (nSPS) is 18.4. The van der Waals surface area contributed by atoms with Crippen molar-refractivity contribution in [3.8, 4) is 0 Å². The molecule has 1 aliphatic rings. The second-order valence-corrected chi connectivity index (χ2v) is 13.3. The summed E-state index contributed by atoms with van der Waals surface area (Å²) in [6.07, 6.45) is 4.70. The number of amides is 1. The number of ether oxygens (including phenoxy) is 2. The van der Waals surface area contributed by atoms with Crippen LogP contribution in [-0.4, -0.2) is 50.0 Å². The summed E-state index contributed by atoms with van der Waals surface area (Å²) >= 11 is 0. The molecule has 0 bridgehead atoms. The minimum atomic E-state index is -2.97. The summed E-state index contributed by atoms with van der Waals surface area (Å²) in [6.45, 7) is 10.4. The minimum absolute atomic E-state index is 0.0228. The highest BCUT2D eigenvalue weighted by Crippen LogP contribution is 2.45. The van der Waals surface area contributed by atoms with Gasteiger partial charge in [0.2, 0.25) is 0 Å². The molecule has 8 nitrogen and oxygen atoms in total. The smallest absolute Gasteiger partial charge is 0.408 e. The van der Waals surface area contributed by atoms with Crippen LogP contribution in [0.4, 0.5) is 4.79 Å². The zero-order valence-corrected chi connectivity index (χ0v) is 21.5. The monoisotopic (exact) mass is 481 g/mol. The molecule has 9 heteroatoms. The predicted molar refractivity (Wildman–Crippen MR) is 129 cm³/mol. The molecule has 0 saturated heterocycles. The summed E-state index contributed by atoms with van der Waals surface area (Å²) in [5.74, 6) is -0.435. The van der Waals surface area contributed by atoms with E-state index in [2.05, 4.69) is 10.3 Å². The molecule has 0 aromatic carbocycles. The lowest BCUT2D eigenvalue weighted by molar-refractivity contribution is -0.157. The molecule has 2 atom stereocenters. The summed E-state index contributed by atoms with van der Waals surface area (Å²) in [6, 6.07) is 4.78. The Balaban J connectivity index is 2.03. The molecule has 1 amide bonds. The molecule has 33 heavy (non-hydrogen) atoms. The van der Waals surface area contributed by atoms with Gasteiger partial charge in [-0.2, -0.15) is 0 Å². The average molecular weight is 482 g/mol. The maximum atomic E-state index is 13.1. The van der Waals surface area contributed by atoms with Crippen LogP contribution in [0.15, 0.2) is 24.4 Å². The molecule has 0 spiro atoms. The van der Waals surface area contributed by atoms with Crippen LogP contribution in [-0.2, 0) is 29.4 Å². The maximum absolute atomic E-state index is 13.1. The summed E-state index contributed by atoms with van der Waals surface area (Å²) in [4.78, 5) is 29.4. The Bertz CT molecular complexity index is 914. The van der Waals surface area contributed by atoms with E-state index < -0.39 is 39.0 Å². The van der Waals surface area contributed by atoms with Crippen molar-refractivity contribution in [3.63, 3.8) is 0 Å². The molecule has 1 aromatic heterocycles. The highest BCUT2D eigenvalue weighted by Gasteiger charge is 2.40. The highest BCUT2D eigenvalue weighted by molar-refractivity contribution is 7.92. The molecule has 0 radical (unpaired) electrons. The van der Waals surface area contributed by atoms with Crippen LogP contribution in [0.2, 0.25) is 0 Å². The zero-order valence-electron chi connectivity index (χ0n) is 20.7. The van der Waals surface area contributed by atoms with Gasteiger partial charge in [-0.1, -0.05) is 12.5 Å². The molecule has 186 valence electrons. The number of nitrogens with one attached hydrogen (secondary N) is 2. The number of hydrogen-bond acceptors (Lipinski definition) is 7. The van der Waals surface area contributed by atoms with Crippen LogP contribution < -0.4 is 5.32 Å². The van der Waals surface area contributed by atoms with Crippen molar-refractivity contribution in [1.82, 2.24) is 10.3 Å². The second kappa shape index (κ2) is 10.4. The van der Waals surface area contributed by atoms with Gasteiger partial charge in [0, 0.05) is 38.5 Å². The Morgan fingerprint density at radius 2 is 1.76 bits per heavy atom. The number of rotatable bonds is 9. The molecule has 2 N–H and O–H groups in total. The van der Waals surface area contributed by atoms with Crippen molar-refractivity contribution in [2.24, 2.45) is 0 Å². The zero-order chi connectivity index (χ0) is 24.9. The van der Waals surface area contributed by atoms with Crippen LogP contribution in [0.5, 0.6) is 0 Å². The third-order valence-corrected chi connectivity index (χ3v) is 7.31. The van der Waals surface area contributed by atoms with Gasteiger partial charge in [0.15, 0.2) is 0 Å². The van der Waals surface area contributed by atoms with Gasteiger partial charge in [0.05, 0.1) is 0 Å². The first-order valence-electron chi connectivity index (χ1n) is 11.5. The second-order valence-electron chi connectivity index (χ2n) is 10.8. The van der Waals surface area contributed by atoms with Crippen molar-refractivity contribution in [1.29, 1.82) is 4.78 Å². The molecule has 0 unspecified atom stereocenters. The van der Waals surface area contributed by atoms with E-state index >= 15 is 0 Å². The summed E-state index contributed by atoms with van der Waals surface area (Å²) in [5, 5.41) is 2.53. The number of nitrogens with zero attached hydrogens (tertiary/aromatic N) is 1. The Morgan fingerprint density at radius 1 is 1.12 bits per heavy atom. The SMILES string of the molecule is CC(C)(C)OC(=O)N[C@@H](CC[S@@](=N)(=O)CCC1(c2ccccn2)CCC1)C(=O)OC(C)(C)C. The third-order valence-electron chi connectivity index (χ3n) is 5.55. The summed E-state index contributed by atoms with van der Waals surface area (Å²) in [7, 11) is -2.97. The van der Waals surface area contributed by atoms with Crippen LogP contribution >= 0.6 is 0 Å². The highest BCUT2D eigenvalue weighted by atomic mass is 32.2. The standard InChI is InChI=1S/C24H39N3O5S/c1-22(2,3)31-20(28)18(27-21(29)32-23(4,5)6)11-16-33(25,30)17-14-24(12-9-13-24)19-10-7-8-15-26-19/h7-8,10,15,18,25H,9,11-14,16-17H2,1-6H3,(H,27,29)/t18-,33+/m0/s1. The first-order chi connectivity index (χ1) is 15.1. The molecular formula is C24H39N3O5S. The Labute approximate surface area is 198 Å². The molecule has 1 fully saturated rings. The number of aromatic nitrogens is 1. The number of alkyl carbamates (subject to hydrolysis) is 1. The van der Waals surface area contributed by atoms with Gasteiger partial charge in [-0.25, -0.2) is 13.8 Å². The molecule has 1 aromatic rings. The fourth-order valence-corrected chi connectivity index (χ4v) is 5.30. The van der Waals surface area contributed by atoms with E-state index in [0.717, 1.165) is 25.0 Å². The number of pyridine rings is 1. The van der Waals surface area contributed by atoms with Crippen LogP contribution in [0.1, 0.15) is 79.3 Å². The largest absolute Gasteiger partial charge is 0.458 e. The van der Waals surface area contributed by atoms with E-state index in [4.69, 9.17) is 14.3 Å².